The Balaban J connectivity index is 2.12. The van der Waals surface area contributed by atoms with Gasteiger partial charge in [0.1, 0.15) is 5.82 Å². The Hall–Kier alpha value is -0.260. The van der Waals surface area contributed by atoms with Crippen molar-refractivity contribution in [2.45, 2.75) is 32.4 Å². The smallest absolute Gasteiger partial charge is 0.133 e. The molecule has 19 heavy (non-hydrogen) atoms. The molecule has 0 spiro atoms. The number of rotatable bonds is 6. The van der Waals surface area contributed by atoms with Gasteiger partial charge in [-0.05, 0) is 47.1 Å². The molecule has 2 heterocycles. The Labute approximate surface area is 128 Å². The molecule has 1 atom stereocenters. The molecule has 1 fully saturated rings. The molecule has 1 aromatic rings. The van der Waals surface area contributed by atoms with Crippen LogP contribution in [0.25, 0.3) is 0 Å². The Morgan fingerprint density at radius 1 is 1.58 bits per heavy atom. The predicted octanol–water partition coefficient (Wildman–Crippen LogP) is 3.29. The van der Waals surface area contributed by atoms with Crippen LogP contribution in [0.5, 0.6) is 0 Å². The van der Waals surface area contributed by atoms with Gasteiger partial charge in [0.05, 0.1) is 0 Å². The molecule has 106 valence electrons. The van der Waals surface area contributed by atoms with E-state index in [1.165, 1.54) is 23.5 Å². The molecule has 1 unspecified atom stereocenters. The third-order valence-electron chi connectivity index (χ3n) is 3.44. The van der Waals surface area contributed by atoms with Gasteiger partial charge < -0.3 is 10.2 Å². The Morgan fingerprint density at radius 3 is 3.11 bits per heavy atom. The lowest BCUT2D eigenvalue weighted by atomic mass is 10.2. The minimum absolute atomic E-state index is 0.628. The molecule has 1 saturated heterocycles. The first-order chi connectivity index (χ1) is 9.22. The largest absolute Gasteiger partial charge is 0.356 e. The summed E-state index contributed by atoms with van der Waals surface area (Å²) in [4.78, 5) is 6.99. The summed E-state index contributed by atoms with van der Waals surface area (Å²) in [6.45, 7) is 4.13. The van der Waals surface area contributed by atoms with E-state index in [0.717, 1.165) is 29.8 Å². The molecule has 1 aliphatic heterocycles. The normalized spacial score (nSPS) is 18.8. The van der Waals surface area contributed by atoms with Crippen molar-refractivity contribution in [3.63, 3.8) is 0 Å². The van der Waals surface area contributed by atoms with Gasteiger partial charge >= 0.3 is 0 Å². The minimum atomic E-state index is 0.628. The molecule has 0 bridgehead atoms. The second kappa shape index (κ2) is 7.50. The maximum atomic E-state index is 4.63. The van der Waals surface area contributed by atoms with Crippen LogP contribution in [0.4, 0.5) is 5.82 Å². The van der Waals surface area contributed by atoms with E-state index < -0.39 is 0 Å². The van der Waals surface area contributed by atoms with Crippen molar-refractivity contribution in [2.24, 2.45) is 0 Å². The minimum Gasteiger partial charge on any atom is -0.356 e. The fraction of sp³-hybridized carbons (Fsp3) is 0.643. The molecule has 1 aliphatic rings. The number of nitrogens with one attached hydrogen (secondary N) is 1. The maximum absolute atomic E-state index is 4.63. The molecule has 0 aromatic carbocycles. The molecule has 0 saturated carbocycles. The van der Waals surface area contributed by atoms with Crippen LogP contribution < -0.4 is 10.2 Å². The molecule has 1 aromatic heterocycles. The van der Waals surface area contributed by atoms with E-state index in [1.807, 2.05) is 18.0 Å². The first-order valence-corrected chi connectivity index (χ1v) is 8.83. The summed E-state index contributed by atoms with van der Waals surface area (Å²) >= 11 is 5.57. The second-order valence-corrected chi connectivity index (χ2v) is 7.01. The van der Waals surface area contributed by atoms with Gasteiger partial charge in [0.15, 0.2) is 0 Å². The van der Waals surface area contributed by atoms with E-state index in [9.17, 15) is 0 Å². The van der Waals surface area contributed by atoms with Crippen molar-refractivity contribution in [3.8, 4) is 0 Å². The van der Waals surface area contributed by atoms with E-state index in [-0.39, 0.29) is 0 Å². The maximum Gasteiger partial charge on any atom is 0.133 e. The van der Waals surface area contributed by atoms with Gasteiger partial charge in [-0.25, -0.2) is 4.98 Å². The zero-order chi connectivity index (χ0) is 13.7. The number of thioether (sulfide) groups is 1. The van der Waals surface area contributed by atoms with Crippen LogP contribution in [0.3, 0.4) is 0 Å². The second-order valence-electron chi connectivity index (χ2n) is 4.94. The number of aromatic nitrogens is 1. The number of hydrogen-bond acceptors (Lipinski definition) is 4. The zero-order valence-electron chi connectivity index (χ0n) is 11.7. The molecule has 1 N–H and O–H groups in total. The molecule has 5 heteroatoms. The zero-order valence-corrected chi connectivity index (χ0v) is 14.1. The lowest BCUT2D eigenvalue weighted by Crippen LogP contribution is -2.33. The molecule has 0 amide bonds. The van der Waals surface area contributed by atoms with Gasteiger partial charge in [-0.3, -0.25) is 0 Å². The van der Waals surface area contributed by atoms with Gasteiger partial charge in [-0.15, -0.1) is 0 Å². The molecule has 3 nitrogen and oxygen atoms in total. The molecule has 0 radical (unpaired) electrons. The van der Waals surface area contributed by atoms with Crippen molar-refractivity contribution < 1.29 is 0 Å². The van der Waals surface area contributed by atoms with Crippen molar-refractivity contribution in [3.05, 3.63) is 22.3 Å². The van der Waals surface area contributed by atoms with Crippen LogP contribution >= 0.6 is 27.7 Å². The van der Waals surface area contributed by atoms with Gasteiger partial charge in [-0.1, -0.05) is 6.92 Å². The first kappa shape index (κ1) is 15.1. The SMILES string of the molecule is CCCNCc1cc(Br)cnc1N(C)C1CCSC1. The number of hydrogen-bond donors (Lipinski definition) is 1. The molecular weight excluding hydrogens is 322 g/mol. The number of pyridine rings is 1. The van der Waals surface area contributed by atoms with E-state index in [0.29, 0.717) is 6.04 Å². The summed E-state index contributed by atoms with van der Waals surface area (Å²) in [5, 5.41) is 3.47. The van der Waals surface area contributed by atoms with Crippen LogP contribution in [0, 0.1) is 0 Å². The lowest BCUT2D eigenvalue weighted by Gasteiger charge is -2.27. The fourth-order valence-electron chi connectivity index (χ4n) is 2.32. The summed E-state index contributed by atoms with van der Waals surface area (Å²) in [5.41, 5.74) is 1.28. The third-order valence-corrected chi connectivity index (χ3v) is 5.02. The number of anilines is 1. The van der Waals surface area contributed by atoms with E-state index in [2.05, 4.69) is 51.2 Å². The molecule has 0 aliphatic carbocycles. The van der Waals surface area contributed by atoms with Crippen molar-refractivity contribution >= 4 is 33.5 Å². The Morgan fingerprint density at radius 2 is 2.42 bits per heavy atom. The van der Waals surface area contributed by atoms with Crippen LogP contribution in [0.1, 0.15) is 25.3 Å². The van der Waals surface area contributed by atoms with Gasteiger partial charge in [0.2, 0.25) is 0 Å². The van der Waals surface area contributed by atoms with Gasteiger partial charge in [-0.2, -0.15) is 11.8 Å². The highest BCUT2D eigenvalue weighted by Crippen LogP contribution is 2.28. The van der Waals surface area contributed by atoms with Gasteiger partial charge in [0.25, 0.3) is 0 Å². The van der Waals surface area contributed by atoms with E-state index >= 15 is 0 Å². The van der Waals surface area contributed by atoms with Crippen LogP contribution in [-0.2, 0) is 6.54 Å². The standard InChI is InChI=1S/C14H22BrN3S/c1-3-5-16-8-11-7-12(15)9-17-14(11)18(2)13-4-6-19-10-13/h7,9,13,16H,3-6,8,10H2,1-2H3. The monoisotopic (exact) mass is 343 g/mol. The highest BCUT2D eigenvalue weighted by molar-refractivity contribution is 9.10. The van der Waals surface area contributed by atoms with Crippen LogP contribution in [0.2, 0.25) is 0 Å². The van der Waals surface area contributed by atoms with Crippen LogP contribution in [-0.4, -0.2) is 36.1 Å². The van der Waals surface area contributed by atoms with Crippen LogP contribution in [0.15, 0.2) is 16.7 Å². The van der Waals surface area contributed by atoms with Crippen molar-refractivity contribution in [1.29, 1.82) is 0 Å². The average Bonchev–Trinajstić information content (AvgIpc) is 2.92. The summed E-state index contributed by atoms with van der Waals surface area (Å²) in [6, 6.07) is 2.81. The summed E-state index contributed by atoms with van der Waals surface area (Å²) in [5.74, 6) is 3.62. The fourth-order valence-corrected chi connectivity index (χ4v) is 3.97. The average molecular weight is 344 g/mol. The Kier molecular flexibility index (Phi) is 5.98. The number of nitrogens with zero attached hydrogens (tertiary/aromatic N) is 2. The first-order valence-electron chi connectivity index (χ1n) is 6.88. The number of halogens is 1. The topological polar surface area (TPSA) is 28.2 Å². The Bertz CT molecular complexity index is 408. The quantitative estimate of drug-likeness (QED) is 0.802. The summed E-state index contributed by atoms with van der Waals surface area (Å²) < 4.78 is 1.05. The molecular formula is C14H22BrN3S. The van der Waals surface area contributed by atoms with Crippen molar-refractivity contribution in [2.75, 3.05) is 30.0 Å². The van der Waals surface area contributed by atoms with E-state index in [1.54, 1.807) is 0 Å². The van der Waals surface area contributed by atoms with Crippen molar-refractivity contribution in [1.82, 2.24) is 10.3 Å². The summed E-state index contributed by atoms with van der Waals surface area (Å²) in [6.07, 6.45) is 4.32. The third kappa shape index (κ3) is 4.10. The highest BCUT2D eigenvalue weighted by Gasteiger charge is 2.22. The molecule has 2 rings (SSSR count). The summed E-state index contributed by atoms with van der Waals surface area (Å²) in [7, 11) is 2.18. The van der Waals surface area contributed by atoms with E-state index in [4.69, 9.17) is 0 Å². The highest BCUT2D eigenvalue weighted by atomic mass is 79.9. The lowest BCUT2D eigenvalue weighted by molar-refractivity contribution is 0.656. The van der Waals surface area contributed by atoms with Gasteiger partial charge in [0, 0.05) is 41.6 Å². The predicted molar refractivity (Wildman–Crippen MR) is 88.1 cm³/mol.